The SMILES string of the molecule is CCC1([C@H](C)O)CCCC1. The first-order valence-corrected chi connectivity index (χ1v) is 4.39. The zero-order valence-electron chi connectivity index (χ0n) is 7.06. The van der Waals surface area contributed by atoms with E-state index in [1.54, 1.807) is 0 Å². The topological polar surface area (TPSA) is 20.2 Å². The molecule has 1 atom stereocenters. The number of aliphatic hydroxyl groups excluding tert-OH is 1. The van der Waals surface area contributed by atoms with Gasteiger partial charge in [0.2, 0.25) is 0 Å². The van der Waals surface area contributed by atoms with E-state index in [-0.39, 0.29) is 6.10 Å². The maximum Gasteiger partial charge on any atom is 0.0568 e. The molecule has 1 fully saturated rings. The van der Waals surface area contributed by atoms with Gasteiger partial charge in [-0.25, -0.2) is 0 Å². The lowest BCUT2D eigenvalue weighted by Gasteiger charge is -2.30. The van der Waals surface area contributed by atoms with Gasteiger partial charge in [0.15, 0.2) is 0 Å². The van der Waals surface area contributed by atoms with Crippen LogP contribution in [0.5, 0.6) is 0 Å². The van der Waals surface area contributed by atoms with E-state index >= 15 is 0 Å². The summed E-state index contributed by atoms with van der Waals surface area (Å²) in [6.07, 6.45) is 6.16. The van der Waals surface area contributed by atoms with Gasteiger partial charge in [0.1, 0.15) is 0 Å². The Morgan fingerprint density at radius 1 is 1.40 bits per heavy atom. The van der Waals surface area contributed by atoms with E-state index in [9.17, 15) is 5.11 Å². The van der Waals surface area contributed by atoms with Crippen LogP contribution in [0.3, 0.4) is 0 Å². The molecule has 1 aliphatic rings. The molecule has 0 aromatic heterocycles. The van der Waals surface area contributed by atoms with E-state index in [0.717, 1.165) is 6.42 Å². The lowest BCUT2D eigenvalue weighted by molar-refractivity contribution is 0.0401. The predicted molar refractivity (Wildman–Crippen MR) is 42.9 cm³/mol. The minimum Gasteiger partial charge on any atom is -0.393 e. The van der Waals surface area contributed by atoms with E-state index in [0.29, 0.717) is 5.41 Å². The molecule has 1 saturated carbocycles. The molecule has 0 unspecified atom stereocenters. The third-order valence-corrected chi connectivity index (χ3v) is 3.19. The van der Waals surface area contributed by atoms with Gasteiger partial charge in [0.05, 0.1) is 6.10 Å². The Hall–Kier alpha value is -0.0400. The van der Waals surface area contributed by atoms with E-state index in [4.69, 9.17) is 0 Å². The summed E-state index contributed by atoms with van der Waals surface area (Å²) in [6, 6.07) is 0. The highest BCUT2D eigenvalue weighted by molar-refractivity contribution is 4.87. The number of aliphatic hydroxyl groups is 1. The van der Waals surface area contributed by atoms with Crippen LogP contribution in [0.25, 0.3) is 0 Å². The van der Waals surface area contributed by atoms with Crippen LogP contribution >= 0.6 is 0 Å². The predicted octanol–water partition coefficient (Wildman–Crippen LogP) is 2.34. The first-order chi connectivity index (χ1) is 4.71. The highest BCUT2D eigenvalue weighted by Crippen LogP contribution is 2.43. The summed E-state index contributed by atoms with van der Waals surface area (Å²) in [5.74, 6) is 0. The van der Waals surface area contributed by atoms with Gasteiger partial charge in [0, 0.05) is 0 Å². The van der Waals surface area contributed by atoms with Crippen LogP contribution < -0.4 is 0 Å². The molecular formula is C9H18O. The summed E-state index contributed by atoms with van der Waals surface area (Å²) in [4.78, 5) is 0. The molecule has 0 saturated heterocycles. The smallest absolute Gasteiger partial charge is 0.0568 e. The lowest BCUT2D eigenvalue weighted by atomic mass is 9.79. The number of hydrogen-bond acceptors (Lipinski definition) is 1. The first kappa shape index (κ1) is 8.06. The van der Waals surface area contributed by atoms with Gasteiger partial charge in [-0.05, 0) is 31.6 Å². The second-order valence-electron chi connectivity index (χ2n) is 3.60. The van der Waals surface area contributed by atoms with Crippen molar-refractivity contribution in [1.29, 1.82) is 0 Å². The molecule has 0 aromatic carbocycles. The fraction of sp³-hybridized carbons (Fsp3) is 1.00. The Balaban J connectivity index is 2.58. The summed E-state index contributed by atoms with van der Waals surface area (Å²) in [5.41, 5.74) is 0.292. The highest BCUT2D eigenvalue weighted by atomic mass is 16.3. The molecule has 0 amide bonds. The van der Waals surface area contributed by atoms with Crippen LogP contribution in [0.4, 0.5) is 0 Å². The monoisotopic (exact) mass is 142 g/mol. The number of rotatable bonds is 2. The Labute approximate surface area is 63.4 Å². The Bertz CT molecular complexity index is 101. The van der Waals surface area contributed by atoms with Crippen LogP contribution in [-0.2, 0) is 0 Å². The summed E-state index contributed by atoms with van der Waals surface area (Å²) >= 11 is 0. The molecule has 0 bridgehead atoms. The molecule has 0 aromatic rings. The second-order valence-corrected chi connectivity index (χ2v) is 3.60. The van der Waals surface area contributed by atoms with Crippen LogP contribution in [0.15, 0.2) is 0 Å². The van der Waals surface area contributed by atoms with Crippen molar-refractivity contribution >= 4 is 0 Å². The van der Waals surface area contributed by atoms with Gasteiger partial charge in [0.25, 0.3) is 0 Å². The molecule has 1 heteroatoms. The minimum absolute atomic E-state index is 0.0972. The van der Waals surface area contributed by atoms with Gasteiger partial charge in [-0.3, -0.25) is 0 Å². The summed E-state index contributed by atoms with van der Waals surface area (Å²) in [6.45, 7) is 4.13. The highest BCUT2D eigenvalue weighted by Gasteiger charge is 2.36. The fourth-order valence-electron chi connectivity index (χ4n) is 2.15. The van der Waals surface area contributed by atoms with Crippen LogP contribution in [0.1, 0.15) is 46.0 Å². The quantitative estimate of drug-likeness (QED) is 0.627. The molecule has 10 heavy (non-hydrogen) atoms. The van der Waals surface area contributed by atoms with Crippen LogP contribution in [0, 0.1) is 5.41 Å². The van der Waals surface area contributed by atoms with Crippen molar-refractivity contribution in [2.45, 2.75) is 52.1 Å². The van der Waals surface area contributed by atoms with Crippen molar-refractivity contribution in [2.24, 2.45) is 5.41 Å². The molecular weight excluding hydrogens is 124 g/mol. The fourth-order valence-corrected chi connectivity index (χ4v) is 2.15. The van der Waals surface area contributed by atoms with Crippen molar-refractivity contribution in [2.75, 3.05) is 0 Å². The average molecular weight is 142 g/mol. The molecule has 1 rings (SSSR count). The zero-order valence-corrected chi connectivity index (χ0v) is 7.06. The molecule has 0 heterocycles. The van der Waals surface area contributed by atoms with Crippen molar-refractivity contribution in [3.05, 3.63) is 0 Å². The van der Waals surface area contributed by atoms with Gasteiger partial charge in [-0.2, -0.15) is 0 Å². The van der Waals surface area contributed by atoms with E-state index in [1.807, 2.05) is 6.92 Å². The molecule has 1 N–H and O–H groups in total. The minimum atomic E-state index is -0.0972. The maximum absolute atomic E-state index is 9.50. The average Bonchev–Trinajstić information content (AvgIpc) is 2.35. The maximum atomic E-state index is 9.50. The molecule has 0 aliphatic heterocycles. The van der Waals surface area contributed by atoms with Gasteiger partial charge in [-0.1, -0.05) is 19.8 Å². The standard InChI is InChI=1S/C9H18O/c1-3-9(8(2)10)6-4-5-7-9/h8,10H,3-7H2,1-2H3/t8-/m0/s1. The zero-order chi connectivity index (χ0) is 7.61. The van der Waals surface area contributed by atoms with Gasteiger partial charge < -0.3 is 5.11 Å². The van der Waals surface area contributed by atoms with Gasteiger partial charge in [-0.15, -0.1) is 0 Å². The molecule has 0 radical (unpaired) electrons. The third kappa shape index (κ3) is 1.20. The van der Waals surface area contributed by atoms with Crippen molar-refractivity contribution in [3.8, 4) is 0 Å². The lowest BCUT2D eigenvalue weighted by Crippen LogP contribution is -2.28. The Morgan fingerprint density at radius 3 is 2.10 bits per heavy atom. The van der Waals surface area contributed by atoms with Crippen molar-refractivity contribution < 1.29 is 5.11 Å². The first-order valence-electron chi connectivity index (χ1n) is 4.39. The van der Waals surface area contributed by atoms with Crippen molar-refractivity contribution in [1.82, 2.24) is 0 Å². The largest absolute Gasteiger partial charge is 0.393 e. The van der Waals surface area contributed by atoms with Gasteiger partial charge >= 0.3 is 0 Å². The molecule has 60 valence electrons. The van der Waals surface area contributed by atoms with E-state index in [2.05, 4.69) is 6.92 Å². The molecule has 1 nitrogen and oxygen atoms in total. The van der Waals surface area contributed by atoms with Crippen LogP contribution in [-0.4, -0.2) is 11.2 Å². The second kappa shape index (κ2) is 2.91. The Morgan fingerprint density at radius 2 is 1.90 bits per heavy atom. The molecule has 0 spiro atoms. The van der Waals surface area contributed by atoms with Crippen LogP contribution in [0.2, 0.25) is 0 Å². The normalized spacial score (nSPS) is 26.7. The third-order valence-electron chi connectivity index (χ3n) is 3.19. The molecule has 1 aliphatic carbocycles. The Kier molecular flexibility index (Phi) is 2.35. The number of hydrogen-bond donors (Lipinski definition) is 1. The van der Waals surface area contributed by atoms with Crippen molar-refractivity contribution in [3.63, 3.8) is 0 Å². The summed E-state index contributed by atoms with van der Waals surface area (Å²) in [5, 5.41) is 9.50. The summed E-state index contributed by atoms with van der Waals surface area (Å²) in [7, 11) is 0. The van der Waals surface area contributed by atoms with E-state index < -0.39 is 0 Å². The summed E-state index contributed by atoms with van der Waals surface area (Å²) < 4.78 is 0. The van der Waals surface area contributed by atoms with E-state index in [1.165, 1.54) is 25.7 Å².